The summed E-state index contributed by atoms with van der Waals surface area (Å²) in [7, 11) is 0. The Morgan fingerprint density at radius 2 is 2.38 bits per heavy atom. The third-order valence-corrected chi connectivity index (χ3v) is 2.30. The van der Waals surface area contributed by atoms with Crippen molar-refractivity contribution in [1.29, 1.82) is 0 Å². The molecule has 0 saturated heterocycles. The first-order valence-corrected chi connectivity index (χ1v) is 5.33. The summed E-state index contributed by atoms with van der Waals surface area (Å²) >= 11 is 0. The standard InChI is InChI=1S/C11H15N3O2/c1-8(5-6-10-4-3-7-15-10)12-11-13-9(2)14-16-11/h3-4,7-8H,5-6H2,1-2H3,(H,12,13,14). The van der Waals surface area contributed by atoms with E-state index in [1.54, 1.807) is 13.2 Å². The van der Waals surface area contributed by atoms with E-state index in [4.69, 9.17) is 8.94 Å². The van der Waals surface area contributed by atoms with Crippen molar-refractivity contribution in [2.24, 2.45) is 0 Å². The van der Waals surface area contributed by atoms with Crippen LogP contribution in [0.3, 0.4) is 0 Å². The number of nitrogens with one attached hydrogen (secondary N) is 1. The van der Waals surface area contributed by atoms with E-state index in [0.29, 0.717) is 11.8 Å². The third kappa shape index (κ3) is 2.85. The fourth-order valence-electron chi connectivity index (χ4n) is 1.45. The molecule has 0 bridgehead atoms. The normalized spacial score (nSPS) is 12.6. The number of aromatic nitrogens is 2. The van der Waals surface area contributed by atoms with E-state index in [9.17, 15) is 0 Å². The Morgan fingerprint density at radius 3 is 3.00 bits per heavy atom. The van der Waals surface area contributed by atoms with Gasteiger partial charge in [0, 0.05) is 12.5 Å². The van der Waals surface area contributed by atoms with Gasteiger partial charge in [-0.2, -0.15) is 4.98 Å². The molecule has 0 radical (unpaired) electrons. The maximum atomic E-state index is 5.26. The van der Waals surface area contributed by atoms with E-state index in [-0.39, 0.29) is 6.04 Å². The molecule has 86 valence electrons. The summed E-state index contributed by atoms with van der Waals surface area (Å²) in [6.45, 7) is 3.87. The number of rotatable bonds is 5. The summed E-state index contributed by atoms with van der Waals surface area (Å²) in [5, 5.41) is 6.86. The molecule has 0 aromatic carbocycles. The van der Waals surface area contributed by atoms with Crippen molar-refractivity contribution >= 4 is 6.01 Å². The first-order valence-electron chi connectivity index (χ1n) is 5.33. The second kappa shape index (κ2) is 4.83. The molecule has 0 aliphatic heterocycles. The summed E-state index contributed by atoms with van der Waals surface area (Å²) in [4.78, 5) is 4.08. The molecule has 1 atom stereocenters. The molecule has 2 aromatic rings. The molecule has 0 saturated carbocycles. The van der Waals surface area contributed by atoms with Gasteiger partial charge in [-0.05, 0) is 32.4 Å². The molecule has 0 spiro atoms. The lowest BCUT2D eigenvalue weighted by atomic mass is 10.1. The Balaban J connectivity index is 1.78. The average molecular weight is 221 g/mol. The van der Waals surface area contributed by atoms with Gasteiger partial charge in [0.05, 0.1) is 6.26 Å². The quantitative estimate of drug-likeness (QED) is 0.839. The van der Waals surface area contributed by atoms with Crippen molar-refractivity contribution in [3.63, 3.8) is 0 Å². The van der Waals surface area contributed by atoms with Gasteiger partial charge in [-0.15, -0.1) is 0 Å². The van der Waals surface area contributed by atoms with Crippen molar-refractivity contribution in [2.75, 3.05) is 5.32 Å². The van der Waals surface area contributed by atoms with E-state index in [1.165, 1.54) is 0 Å². The van der Waals surface area contributed by atoms with Crippen LogP contribution in [0.4, 0.5) is 6.01 Å². The van der Waals surface area contributed by atoms with Gasteiger partial charge in [0.15, 0.2) is 5.82 Å². The molecule has 2 heterocycles. The van der Waals surface area contributed by atoms with Crippen LogP contribution in [0.5, 0.6) is 0 Å². The highest BCUT2D eigenvalue weighted by Crippen LogP contribution is 2.10. The summed E-state index contributed by atoms with van der Waals surface area (Å²) in [6, 6.07) is 4.62. The van der Waals surface area contributed by atoms with Crippen LogP contribution in [0.25, 0.3) is 0 Å². The molecule has 5 nitrogen and oxygen atoms in total. The molecule has 2 rings (SSSR count). The minimum absolute atomic E-state index is 0.268. The van der Waals surface area contributed by atoms with Crippen molar-refractivity contribution in [3.8, 4) is 0 Å². The molecule has 16 heavy (non-hydrogen) atoms. The van der Waals surface area contributed by atoms with Gasteiger partial charge < -0.3 is 14.3 Å². The van der Waals surface area contributed by atoms with Gasteiger partial charge in [-0.25, -0.2) is 0 Å². The number of furan rings is 1. The maximum Gasteiger partial charge on any atom is 0.321 e. The van der Waals surface area contributed by atoms with Crippen LogP contribution in [0.2, 0.25) is 0 Å². The van der Waals surface area contributed by atoms with Crippen LogP contribution in [-0.4, -0.2) is 16.2 Å². The van der Waals surface area contributed by atoms with E-state index in [1.807, 2.05) is 12.1 Å². The van der Waals surface area contributed by atoms with Gasteiger partial charge in [0.1, 0.15) is 5.76 Å². The number of nitrogens with zero attached hydrogens (tertiary/aromatic N) is 2. The average Bonchev–Trinajstić information content (AvgIpc) is 2.87. The van der Waals surface area contributed by atoms with Crippen LogP contribution < -0.4 is 5.32 Å². The van der Waals surface area contributed by atoms with Gasteiger partial charge in [-0.1, -0.05) is 5.16 Å². The predicted molar refractivity (Wildman–Crippen MR) is 59.1 cm³/mol. The Bertz CT molecular complexity index is 422. The van der Waals surface area contributed by atoms with Crippen molar-refractivity contribution in [3.05, 3.63) is 30.0 Å². The van der Waals surface area contributed by atoms with Crippen LogP contribution in [0.1, 0.15) is 24.9 Å². The smallest absolute Gasteiger partial charge is 0.321 e. The zero-order valence-electron chi connectivity index (χ0n) is 9.43. The number of aryl methyl sites for hydroxylation is 2. The number of hydrogen-bond donors (Lipinski definition) is 1. The van der Waals surface area contributed by atoms with Crippen LogP contribution in [-0.2, 0) is 6.42 Å². The highest BCUT2D eigenvalue weighted by atomic mass is 16.5. The van der Waals surface area contributed by atoms with E-state index < -0.39 is 0 Å². The minimum atomic E-state index is 0.268. The van der Waals surface area contributed by atoms with E-state index >= 15 is 0 Å². The summed E-state index contributed by atoms with van der Waals surface area (Å²) in [6.07, 6.45) is 3.54. The SMILES string of the molecule is Cc1noc(NC(C)CCc2ccco2)n1. The lowest BCUT2D eigenvalue weighted by Gasteiger charge is -2.09. The number of anilines is 1. The van der Waals surface area contributed by atoms with Crippen molar-refractivity contribution in [2.45, 2.75) is 32.7 Å². The Morgan fingerprint density at radius 1 is 1.50 bits per heavy atom. The van der Waals surface area contributed by atoms with Crippen LogP contribution in [0.15, 0.2) is 27.3 Å². The molecule has 0 aliphatic rings. The van der Waals surface area contributed by atoms with Gasteiger partial charge in [-0.3, -0.25) is 0 Å². The Hall–Kier alpha value is -1.78. The maximum absolute atomic E-state index is 5.26. The highest BCUT2D eigenvalue weighted by molar-refractivity contribution is 5.19. The lowest BCUT2D eigenvalue weighted by molar-refractivity contribution is 0.419. The van der Waals surface area contributed by atoms with Crippen LogP contribution >= 0.6 is 0 Å². The molecule has 0 amide bonds. The molecule has 2 aromatic heterocycles. The van der Waals surface area contributed by atoms with E-state index in [2.05, 4.69) is 22.4 Å². The first kappa shape index (κ1) is 10.7. The molecule has 0 aliphatic carbocycles. The monoisotopic (exact) mass is 221 g/mol. The lowest BCUT2D eigenvalue weighted by Crippen LogP contribution is -2.16. The molecule has 1 N–H and O–H groups in total. The predicted octanol–water partition coefficient (Wildman–Crippen LogP) is 2.40. The molecule has 1 unspecified atom stereocenters. The summed E-state index contributed by atoms with van der Waals surface area (Å²) in [5.41, 5.74) is 0. The third-order valence-electron chi connectivity index (χ3n) is 2.30. The second-order valence-corrected chi connectivity index (χ2v) is 3.81. The molecule has 0 fully saturated rings. The fourth-order valence-corrected chi connectivity index (χ4v) is 1.45. The topological polar surface area (TPSA) is 64.1 Å². The molecular formula is C11H15N3O2. The van der Waals surface area contributed by atoms with Crippen LogP contribution in [0, 0.1) is 6.92 Å². The van der Waals surface area contributed by atoms with Gasteiger partial charge in [0.2, 0.25) is 0 Å². The first-order chi connectivity index (χ1) is 7.74. The minimum Gasteiger partial charge on any atom is -0.469 e. The second-order valence-electron chi connectivity index (χ2n) is 3.81. The molecular weight excluding hydrogens is 206 g/mol. The summed E-state index contributed by atoms with van der Waals surface area (Å²) < 4.78 is 10.2. The Kier molecular flexibility index (Phi) is 3.24. The fraction of sp³-hybridized carbons (Fsp3) is 0.455. The molecule has 5 heteroatoms. The van der Waals surface area contributed by atoms with Crippen molar-refractivity contribution < 1.29 is 8.94 Å². The van der Waals surface area contributed by atoms with Gasteiger partial charge >= 0.3 is 6.01 Å². The number of hydrogen-bond acceptors (Lipinski definition) is 5. The van der Waals surface area contributed by atoms with E-state index in [0.717, 1.165) is 18.6 Å². The largest absolute Gasteiger partial charge is 0.469 e. The van der Waals surface area contributed by atoms with Crippen molar-refractivity contribution in [1.82, 2.24) is 10.1 Å². The Labute approximate surface area is 93.8 Å². The zero-order valence-corrected chi connectivity index (χ0v) is 9.43. The van der Waals surface area contributed by atoms with Gasteiger partial charge in [0.25, 0.3) is 0 Å². The highest BCUT2D eigenvalue weighted by Gasteiger charge is 2.08. The summed E-state index contributed by atoms with van der Waals surface area (Å²) in [5.74, 6) is 1.64. The zero-order chi connectivity index (χ0) is 11.4.